The van der Waals surface area contributed by atoms with Crippen LogP contribution in [0.4, 0.5) is 0 Å². The van der Waals surface area contributed by atoms with E-state index >= 15 is 0 Å². The van der Waals surface area contributed by atoms with Crippen molar-refractivity contribution >= 4 is 38.6 Å². The van der Waals surface area contributed by atoms with E-state index in [1.54, 1.807) is 0 Å². The molecular formula is C6H3BrClNaO2S. The predicted octanol–water partition coefficient (Wildman–Crippen LogP) is -0.655. The fourth-order valence-electron chi connectivity index (χ4n) is 0.581. The zero-order valence-electron chi connectivity index (χ0n) is 6.21. The maximum atomic E-state index is 10.4. The van der Waals surface area contributed by atoms with E-state index < -0.39 is 11.1 Å². The molecule has 0 saturated carbocycles. The van der Waals surface area contributed by atoms with E-state index in [0.29, 0.717) is 9.50 Å². The molecule has 0 heterocycles. The maximum absolute atomic E-state index is 10.4. The summed E-state index contributed by atoms with van der Waals surface area (Å²) in [5, 5.41) is 0.499. The summed E-state index contributed by atoms with van der Waals surface area (Å²) in [4.78, 5) is 0.223. The molecule has 1 aromatic carbocycles. The van der Waals surface area contributed by atoms with E-state index in [1.807, 2.05) is 0 Å². The van der Waals surface area contributed by atoms with Crippen LogP contribution in [0.3, 0.4) is 0 Å². The monoisotopic (exact) mass is 276 g/mol. The van der Waals surface area contributed by atoms with Crippen LogP contribution in [-0.2, 0) is 11.1 Å². The van der Waals surface area contributed by atoms with E-state index in [-0.39, 0.29) is 34.5 Å². The third kappa shape index (κ3) is 3.46. The minimum atomic E-state index is -2.19. The molecule has 0 saturated heterocycles. The summed E-state index contributed by atoms with van der Waals surface area (Å²) < 4.78 is 21.4. The normalized spacial score (nSPS) is 11.9. The smallest absolute Gasteiger partial charge is 0.768 e. The Morgan fingerprint density at radius 2 is 2.08 bits per heavy atom. The molecule has 0 amide bonds. The molecule has 0 aliphatic carbocycles. The van der Waals surface area contributed by atoms with Crippen LogP contribution in [0.5, 0.6) is 0 Å². The Morgan fingerprint density at radius 3 is 2.50 bits per heavy atom. The van der Waals surface area contributed by atoms with Gasteiger partial charge in [-0.15, -0.1) is 0 Å². The van der Waals surface area contributed by atoms with Crippen LogP contribution in [0.15, 0.2) is 27.6 Å². The van der Waals surface area contributed by atoms with Gasteiger partial charge in [0.2, 0.25) is 0 Å². The molecule has 1 rings (SSSR count). The van der Waals surface area contributed by atoms with Crippen LogP contribution in [0.2, 0.25) is 5.02 Å². The summed E-state index contributed by atoms with van der Waals surface area (Å²) in [6.07, 6.45) is 0. The van der Waals surface area contributed by atoms with Gasteiger partial charge in [0.25, 0.3) is 0 Å². The van der Waals surface area contributed by atoms with Crippen molar-refractivity contribution in [3.8, 4) is 0 Å². The van der Waals surface area contributed by atoms with Crippen LogP contribution in [0.1, 0.15) is 0 Å². The zero-order chi connectivity index (χ0) is 8.43. The summed E-state index contributed by atoms with van der Waals surface area (Å²) in [7, 11) is 0. The van der Waals surface area contributed by atoms with Crippen LogP contribution >= 0.6 is 27.5 Å². The topological polar surface area (TPSA) is 40.1 Å². The maximum Gasteiger partial charge on any atom is 1.00 e. The van der Waals surface area contributed by atoms with Crippen molar-refractivity contribution in [2.45, 2.75) is 4.90 Å². The molecule has 1 aromatic rings. The van der Waals surface area contributed by atoms with Gasteiger partial charge in [-0.3, -0.25) is 4.21 Å². The van der Waals surface area contributed by atoms with Gasteiger partial charge in [0.15, 0.2) is 0 Å². The molecule has 0 fully saturated rings. The summed E-state index contributed by atoms with van der Waals surface area (Å²) in [5.74, 6) is 0. The first-order valence-electron chi connectivity index (χ1n) is 2.65. The van der Waals surface area contributed by atoms with Crippen molar-refractivity contribution in [3.05, 3.63) is 27.7 Å². The van der Waals surface area contributed by atoms with Crippen molar-refractivity contribution in [1.82, 2.24) is 0 Å². The first-order valence-corrected chi connectivity index (χ1v) is 4.90. The van der Waals surface area contributed by atoms with Crippen LogP contribution in [-0.4, -0.2) is 8.76 Å². The number of halogens is 2. The van der Waals surface area contributed by atoms with Crippen molar-refractivity contribution in [1.29, 1.82) is 0 Å². The molecule has 2 nitrogen and oxygen atoms in total. The Balaban J connectivity index is 0.00000121. The molecule has 0 aromatic heterocycles. The minimum absolute atomic E-state index is 0. The van der Waals surface area contributed by atoms with E-state index in [0.717, 1.165) is 0 Å². The molecule has 12 heavy (non-hydrogen) atoms. The number of rotatable bonds is 1. The number of benzene rings is 1. The fraction of sp³-hybridized carbons (Fsp3) is 0. The van der Waals surface area contributed by atoms with Crippen LogP contribution < -0.4 is 29.6 Å². The summed E-state index contributed by atoms with van der Waals surface area (Å²) in [6.45, 7) is 0. The van der Waals surface area contributed by atoms with E-state index in [2.05, 4.69) is 15.9 Å². The molecule has 0 aliphatic heterocycles. The molecule has 0 spiro atoms. The second-order valence-electron chi connectivity index (χ2n) is 1.81. The third-order valence-electron chi connectivity index (χ3n) is 1.08. The molecule has 0 N–H and O–H groups in total. The van der Waals surface area contributed by atoms with Crippen LogP contribution in [0, 0.1) is 0 Å². The Bertz CT molecular complexity index is 308. The second kappa shape index (κ2) is 5.75. The number of hydrogen-bond acceptors (Lipinski definition) is 2. The predicted molar refractivity (Wildman–Crippen MR) is 46.3 cm³/mol. The van der Waals surface area contributed by atoms with Crippen molar-refractivity contribution in [2.24, 2.45) is 0 Å². The molecule has 0 aliphatic rings. The van der Waals surface area contributed by atoms with E-state index in [4.69, 9.17) is 11.6 Å². The van der Waals surface area contributed by atoms with Gasteiger partial charge in [0, 0.05) is 9.37 Å². The third-order valence-corrected chi connectivity index (χ3v) is 2.94. The molecule has 1 unspecified atom stereocenters. The SMILES string of the molecule is O=S([O-])c1ccc(Cl)c(Br)c1.[Na+]. The molecule has 60 valence electrons. The molecule has 6 heteroatoms. The summed E-state index contributed by atoms with van der Waals surface area (Å²) in [6, 6.07) is 4.42. The van der Waals surface area contributed by atoms with Gasteiger partial charge in [-0.25, -0.2) is 0 Å². The van der Waals surface area contributed by atoms with Gasteiger partial charge in [-0.1, -0.05) is 11.6 Å². The Hall–Kier alpha value is 1.10. The van der Waals surface area contributed by atoms with E-state index in [1.165, 1.54) is 18.2 Å². The zero-order valence-corrected chi connectivity index (χ0v) is 11.4. The quantitative estimate of drug-likeness (QED) is 0.505. The fourth-order valence-corrected chi connectivity index (χ4v) is 1.62. The van der Waals surface area contributed by atoms with Gasteiger partial charge in [0.05, 0.1) is 5.02 Å². The Morgan fingerprint density at radius 1 is 1.50 bits per heavy atom. The second-order valence-corrected chi connectivity index (χ2v) is 4.01. The van der Waals surface area contributed by atoms with Gasteiger partial charge in [-0.05, 0) is 45.2 Å². The average Bonchev–Trinajstić information content (AvgIpc) is 1.94. The molecule has 0 bridgehead atoms. The first-order chi connectivity index (χ1) is 5.11. The largest absolute Gasteiger partial charge is 1.00 e. The first kappa shape index (κ1) is 13.1. The Labute approximate surface area is 108 Å². The molecule has 0 radical (unpaired) electrons. The van der Waals surface area contributed by atoms with Crippen molar-refractivity contribution < 1.29 is 38.3 Å². The summed E-state index contributed by atoms with van der Waals surface area (Å²) >= 11 is 6.56. The average molecular weight is 278 g/mol. The molecular weight excluding hydrogens is 274 g/mol. The summed E-state index contributed by atoms with van der Waals surface area (Å²) in [5.41, 5.74) is 0. The molecule has 1 atom stereocenters. The number of hydrogen-bond donors (Lipinski definition) is 0. The van der Waals surface area contributed by atoms with Gasteiger partial charge in [0.1, 0.15) is 0 Å². The van der Waals surface area contributed by atoms with Crippen molar-refractivity contribution in [2.75, 3.05) is 0 Å². The minimum Gasteiger partial charge on any atom is -0.768 e. The standard InChI is InChI=1S/C6H4BrClO2S.Na/c7-5-3-4(11(9)10)1-2-6(5)8;/h1-3H,(H,9,10);/q;+1/p-1. The van der Waals surface area contributed by atoms with Crippen LogP contribution in [0.25, 0.3) is 0 Å². The van der Waals surface area contributed by atoms with E-state index in [9.17, 15) is 8.76 Å². The van der Waals surface area contributed by atoms with Gasteiger partial charge < -0.3 is 4.55 Å². The Kier molecular flexibility index (Phi) is 6.28. The van der Waals surface area contributed by atoms with Gasteiger partial charge in [-0.2, -0.15) is 0 Å². The van der Waals surface area contributed by atoms with Gasteiger partial charge >= 0.3 is 29.6 Å². The van der Waals surface area contributed by atoms with Crippen molar-refractivity contribution in [3.63, 3.8) is 0 Å².